The van der Waals surface area contributed by atoms with Gasteiger partial charge in [0.2, 0.25) is 0 Å². The number of nitrogens with two attached hydrogens (primary N) is 1. The number of nitrogens with zero attached hydrogens (tertiary/aromatic N) is 1. The fourth-order valence-corrected chi connectivity index (χ4v) is 2.85. The molecule has 0 fully saturated rings. The van der Waals surface area contributed by atoms with Gasteiger partial charge in [-0.2, -0.15) is 11.3 Å². The minimum absolute atomic E-state index is 0.139. The Kier molecular flexibility index (Phi) is 2.86. The number of thiophene rings is 1. The number of pyridine rings is 1. The molecule has 1 aromatic carbocycles. The fourth-order valence-electron chi connectivity index (χ4n) is 2.16. The first kappa shape index (κ1) is 11.4. The van der Waals surface area contributed by atoms with Crippen molar-refractivity contribution in [2.24, 2.45) is 5.73 Å². The van der Waals surface area contributed by atoms with Gasteiger partial charge in [-0.25, -0.2) is 0 Å². The second-order valence-corrected chi connectivity index (χ2v) is 5.20. The minimum Gasteiger partial charge on any atom is -0.319 e. The second-order valence-electron chi connectivity index (χ2n) is 4.42. The molecule has 3 heteroatoms. The van der Waals surface area contributed by atoms with E-state index in [1.165, 1.54) is 10.9 Å². The molecule has 3 rings (SSSR count). The number of fused-ring (bicyclic) bond motifs is 1. The molecule has 0 saturated carbocycles. The van der Waals surface area contributed by atoms with Gasteiger partial charge in [-0.1, -0.05) is 18.2 Å². The van der Waals surface area contributed by atoms with E-state index in [0.717, 1.165) is 16.8 Å². The lowest BCUT2D eigenvalue weighted by Crippen LogP contribution is -2.13. The third-order valence-corrected chi connectivity index (χ3v) is 3.87. The highest BCUT2D eigenvalue weighted by molar-refractivity contribution is 7.08. The average Bonchev–Trinajstić information content (AvgIpc) is 2.91. The van der Waals surface area contributed by atoms with Crippen LogP contribution in [-0.2, 0) is 0 Å². The SMILES string of the molecule is Cc1cc(C(N)c2ccsc2)nc2ccccc12. The molecule has 90 valence electrons. The molecule has 0 bridgehead atoms. The van der Waals surface area contributed by atoms with E-state index in [4.69, 9.17) is 5.73 Å². The van der Waals surface area contributed by atoms with Crippen LogP contribution in [0.15, 0.2) is 47.2 Å². The minimum atomic E-state index is -0.139. The number of hydrogen-bond acceptors (Lipinski definition) is 3. The average molecular weight is 254 g/mol. The molecule has 0 aliphatic carbocycles. The highest BCUT2D eigenvalue weighted by Crippen LogP contribution is 2.24. The molecule has 1 unspecified atom stereocenters. The molecule has 3 aromatic rings. The maximum Gasteiger partial charge on any atom is 0.0734 e. The molecular formula is C15H14N2S. The van der Waals surface area contributed by atoms with Crippen LogP contribution in [0.4, 0.5) is 0 Å². The molecular weight excluding hydrogens is 240 g/mol. The molecule has 2 nitrogen and oxygen atoms in total. The van der Waals surface area contributed by atoms with E-state index in [1.54, 1.807) is 11.3 Å². The summed E-state index contributed by atoms with van der Waals surface area (Å²) in [5.74, 6) is 0. The Bertz CT molecular complexity index is 674. The number of para-hydroxylation sites is 1. The number of hydrogen-bond donors (Lipinski definition) is 1. The topological polar surface area (TPSA) is 38.9 Å². The first-order chi connectivity index (χ1) is 8.75. The molecule has 18 heavy (non-hydrogen) atoms. The lowest BCUT2D eigenvalue weighted by atomic mass is 10.0. The van der Waals surface area contributed by atoms with E-state index in [1.807, 2.05) is 23.6 Å². The largest absolute Gasteiger partial charge is 0.319 e. The third-order valence-electron chi connectivity index (χ3n) is 3.16. The van der Waals surface area contributed by atoms with Crippen molar-refractivity contribution in [2.45, 2.75) is 13.0 Å². The summed E-state index contributed by atoms with van der Waals surface area (Å²) >= 11 is 1.66. The Balaban J connectivity index is 2.13. The van der Waals surface area contributed by atoms with Crippen molar-refractivity contribution >= 4 is 22.2 Å². The van der Waals surface area contributed by atoms with E-state index in [9.17, 15) is 0 Å². The number of aromatic nitrogens is 1. The van der Waals surface area contributed by atoms with Gasteiger partial charge in [0, 0.05) is 5.39 Å². The van der Waals surface area contributed by atoms with Crippen molar-refractivity contribution < 1.29 is 0 Å². The number of benzene rings is 1. The number of rotatable bonds is 2. The van der Waals surface area contributed by atoms with Gasteiger partial charge in [-0.3, -0.25) is 4.98 Å². The normalized spacial score (nSPS) is 12.8. The van der Waals surface area contributed by atoms with Gasteiger partial charge in [0.05, 0.1) is 17.3 Å². The van der Waals surface area contributed by atoms with Crippen molar-refractivity contribution in [1.29, 1.82) is 0 Å². The summed E-state index contributed by atoms with van der Waals surface area (Å²) in [4.78, 5) is 4.67. The van der Waals surface area contributed by atoms with Gasteiger partial charge in [0.15, 0.2) is 0 Å². The van der Waals surface area contributed by atoms with Crippen LogP contribution in [0.3, 0.4) is 0 Å². The van der Waals surface area contributed by atoms with Crippen LogP contribution in [0.5, 0.6) is 0 Å². The van der Waals surface area contributed by atoms with E-state index < -0.39 is 0 Å². The standard InChI is InChI=1S/C15H14N2S/c1-10-8-14(15(16)11-6-7-18-9-11)17-13-5-3-2-4-12(10)13/h2-9,15H,16H2,1H3. The molecule has 1 atom stereocenters. The van der Waals surface area contributed by atoms with Crippen LogP contribution in [0.1, 0.15) is 22.9 Å². The van der Waals surface area contributed by atoms with Crippen molar-refractivity contribution in [3.8, 4) is 0 Å². The molecule has 0 saturated heterocycles. The van der Waals surface area contributed by atoms with Gasteiger partial charge in [0.1, 0.15) is 0 Å². The molecule has 0 amide bonds. The summed E-state index contributed by atoms with van der Waals surface area (Å²) in [6, 6.07) is 12.2. The predicted molar refractivity (Wildman–Crippen MR) is 76.8 cm³/mol. The highest BCUT2D eigenvalue weighted by atomic mass is 32.1. The molecule has 0 aliphatic heterocycles. The van der Waals surface area contributed by atoms with E-state index >= 15 is 0 Å². The van der Waals surface area contributed by atoms with Crippen LogP contribution >= 0.6 is 11.3 Å². The summed E-state index contributed by atoms with van der Waals surface area (Å²) in [6.45, 7) is 2.11. The van der Waals surface area contributed by atoms with Crippen LogP contribution in [0.25, 0.3) is 10.9 Å². The van der Waals surface area contributed by atoms with E-state index in [-0.39, 0.29) is 6.04 Å². The zero-order valence-electron chi connectivity index (χ0n) is 10.1. The van der Waals surface area contributed by atoms with E-state index in [2.05, 4.69) is 35.5 Å². The Morgan fingerprint density at radius 1 is 1.22 bits per heavy atom. The van der Waals surface area contributed by atoms with Gasteiger partial charge >= 0.3 is 0 Å². The summed E-state index contributed by atoms with van der Waals surface area (Å²) in [7, 11) is 0. The summed E-state index contributed by atoms with van der Waals surface area (Å²) in [5.41, 5.74) is 10.6. The monoisotopic (exact) mass is 254 g/mol. The van der Waals surface area contributed by atoms with E-state index in [0.29, 0.717) is 0 Å². The fraction of sp³-hybridized carbons (Fsp3) is 0.133. The summed E-state index contributed by atoms with van der Waals surface area (Å²) < 4.78 is 0. The Labute approximate surface area is 110 Å². The maximum atomic E-state index is 6.26. The summed E-state index contributed by atoms with van der Waals surface area (Å²) in [6.07, 6.45) is 0. The maximum absolute atomic E-state index is 6.26. The molecule has 2 heterocycles. The van der Waals surface area contributed by atoms with Crippen molar-refractivity contribution in [1.82, 2.24) is 4.98 Å². The van der Waals surface area contributed by atoms with Crippen molar-refractivity contribution in [3.63, 3.8) is 0 Å². The van der Waals surface area contributed by atoms with Gasteiger partial charge in [0.25, 0.3) is 0 Å². The Hall–Kier alpha value is -1.71. The lowest BCUT2D eigenvalue weighted by molar-refractivity contribution is 0.838. The van der Waals surface area contributed by atoms with Crippen molar-refractivity contribution in [2.75, 3.05) is 0 Å². The zero-order chi connectivity index (χ0) is 12.5. The van der Waals surface area contributed by atoms with Gasteiger partial charge < -0.3 is 5.73 Å². The number of aryl methyl sites for hydroxylation is 1. The molecule has 2 aromatic heterocycles. The molecule has 0 radical (unpaired) electrons. The second kappa shape index (κ2) is 4.52. The van der Waals surface area contributed by atoms with Crippen LogP contribution in [-0.4, -0.2) is 4.98 Å². The molecule has 2 N–H and O–H groups in total. The lowest BCUT2D eigenvalue weighted by Gasteiger charge is -2.12. The molecule has 0 aliphatic rings. The van der Waals surface area contributed by atoms with Gasteiger partial charge in [-0.15, -0.1) is 0 Å². The molecule has 0 spiro atoms. The Morgan fingerprint density at radius 3 is 2.83 bits per heavy atom. The van der Waals surface area contributed by atoms with Crippen LogP contribution < -0.4 is 5.73 Å². The first-order valence-electron chi connectivity index (χ1n) is 5.89. The van der Waals surface area contributed by atoms with Crippen LogP contribution in [0.2, 0.25) is 0 Å². The first-order valence-corrected chi connectivity index (χ1v) is 6.84. The van der Waals surface area contributed by atoms with Gasteiger partial charge in [-0.05, 0) is 47.0 Å². The summed E-state index contributed by atoms with van der Waals surface area (Å²) in [5, 5.41) is 5.32. The smallest absolute Gasteiger partial charge is 0.0734 e. The quantitative estimate of drug-likeness (QED) is 0.758. The highest BCUT2D eigenvalue weighted by Gasteiger charge is 2.12. The predicted octanol–water partition coefficient (Wildman–Crippen LogP) is 3.65. The zero-order valence-corrected chi connectivity index (χ0v) is 10.9. The third kappa shape index (κ3) is 1.92. The Morgan fingerprint density at radius 2 is 2.06 bits per heavy atom. The van der Waals surface area contributed by atoms with Crippen molar-refractivity contribution in [3.05, 3.63) is 64.0 Å². The van der Waals surface area contributed by atoms with Crippen LogP contribution in [0, 0.1) is 6.92 Å².